The highest BCUT2D eigenvalue weighted by Crippen LogP contribution is 2.38. The summed E-state index contributed by atoms with van der Waals surface area (Å²) in [5, 5.41) is 10.7. The molecule has 1 unspecified atom stereocenters. The van der Waals surface area contributed by atoms with Gasteiger partial charge in [-0.25, -0.2) is 0 Å². The topological polar surface area (TPSA) is 77.6 Å². The number of hydrogen-bond donors (Lipinski definition) is 2. The fourth-order valence-electron chi connectivity index (χ4n) is 2.06. The van der Waals surface area contributed by atoms with Gasteiger partial charge in [0.2, 0.25) is 0 Å². The lowest BCUT2D eigenvalue weighted by atomic mass is 10.0. The second-order valence-corrected chi connectivity index (χ2v) is 4.94. The Kier molecular flexibility index (Phi) is 4.88. The lowest BCUT2D eigenvalue weighted by Gasteiger charge is -2.16. The van der Waals surface area contributed by atoms with Crippen molar-refractivity contribution >= 4 is 17.3 Å². The minimum atomic E-state index is -0.770. The van der Waals surface area contributed by atoms with Crippen molar-refractivity contribution in [3.63, 3.8) is 0 Å². The number of nitrogen functional groups attached to an aromatic ring is 1. The molecule has 0 spiro atoms. The molecule has 5 nitrogen and oxygen atoms in total. The molecule has 2 aromatic rings. The summed E-state index contributed by atoms with van der Waals surface area (Å²) in [6, 6.07) is 5.05. The number of ether oxygens (including phenoxy) is 2. The second-order valence-electron chi connectivity index (χ2n) is 4.53. The molecule has 1 aromatic heterocycles. The van der Waals surface area contributed by atoms with Gasteiger partial charge in [0.1, 0.15) is 0 Å². The molecule has 0 amide bonds. The lowest BCUT2D eigenvalue weighted by Crippen LogP contribution is -2.05. The van der Waals surface area contributed by atoms with E-state index >= 15 is 0 Å². The van der Waals surface area contributed by atoms with E-state index in [-0.39, 0.29) is 0 Å². The van der Waals surface area contributed by atoms with E-state index in [2.05, 4.69) is 4.98 Å². The Labute approximate surface area is 128 Å². The van der Waals surface area contributed by atoms with Gasteiger partial charge in [0, 0.05) is 24.5 Å². The van der Waals surface area contributed by atoms with Crippen molar-refractivity contribution in [3.8, 4) is 11.5 Å². The Morgan fingerprint density at radius 3 is 2.71 bits per heavy atom. The highest BCUT2D eigenvalue weighted by atomic mass is 35.5. The molecule has 0 saturated carbocycles. The van der Waals surface area contributed by atoms with E-state index in [1.54, 1.807) is 30.6 Å². The minimum Gasteiger partial charge on any atom is -0.493 e. The van der Waals surface area contributed by atoms with Crippen molar-refractivity contribution < 1.29 is 14.6 Å². The summed E-state index contributed by atoms with van der Waals surface area (Å²) in [7, 11) is 3.03. The summed E-state index contributed by atoms with van der Waals surface area (Å²) in [6.07, 6.45) is 2.82. The van der Waals surface area contributed by atoms with Crippen molar-refractivity contribution in [3.05, 3.63) is 46.7 Å². The molecule has 2 rings (SSSR count). The number of hydrogen-bond acceptors (Lipinski definition) is 5. The fraction of sp³-hybridized carbons (Fsp3) is 0.267. The van der Waals surface area contributed by atoms with Gasteiger partial charge in [-0.1, -0.05) is 11.6 Å². The number of nitrogens with two attached hydrogens (primary N) is 1. The van der Waals surface area contributed by atoms with Crippen molar-refractivity contribution in [2.24, 2.45) is 0 Å². The molecule has 0 fully saturated rings. The molecule has 1 atom stereocenters. The first-order valence-electron chi connectivity index (χ1n) is 6.34. The largest absolute Gasteiger partial charge is 0.493 e. The zero-order chi connectivity index (χ0) is 15.4. The van der Waals surface area contributed by atoms with Crippen LogP contribution in [0.5, 0.6) is 11.5 Å². The Hall–Kier alpha value is -1.98. The molecule has 21 heavy (non-hydrogen) atoms. The summed E-state index contributed by atoms with van der Waals surface area (Å²) >= 11 is 6.14. The third-order valence-corrected chi connectivity index (χ3v) is 3.48. The van der Waals surface area contributed by atoms with E-state index in [1.165, 1.54) is 14.2 Å². The van der Waals surface area contributed by atoms with Gasteiger partial charge in [-0.2, -0.15) is 0 Å². The number of aromatic nitrogens is 1. The van der Waals surface area contributed by atoms with E-state index in [9.17, 15) is 5.11 Å². The van der Waals surface area contributed by atoms with E-state index < -0.39 is 6.10 Å². The summed E-state index contributed by atoms with van der Waals surface area (Å²) in [4.78, 5) is 4.01. The molecule has 0 aliphatic rings. The molecule has 112 valence electrons. The van der Waals surface area contributed by atoms with Crippen LogP contribution in [0.3, 0.4) is 0 Å². The Morgan fingerprint density at radius 1 is 1.33 bits per heavy atom. The molecule has 0 aliphatic carbocycles. The van der Waals surface area contributed by atoms with E-state index in [4.69, 9.17) is 26.8 Å². The maximum atomic E-state index is 10.4. The van der Waals surface area contributed by atoms with Crippen LogP contribution in [0.4, 0.5) is 5.69 Å². The van der Waals surface area contributed by atoms with Gasteiger partial charge >= 0.3 is 0 Å². The smallest absolute Gasteiger partial charge is 0.179 e. The molecule has 1 aromatic carbocycles. The fourth-order valence-corrected chi connectivity index (χ4v) is 2.36. The van der Waals surface area contributed by atoms with Gasteiger partial charge in [-0.05, 0) is 29.3 Å². The van der Waals surface area contributed by atoms with Crippen LogP contribution in [-0.2, 0) is 6.42 Å². The van der Waals surface area contributed by atoms with Gasteiger partial charge in [0.25, 0.3) is 0 Å². The van der Waals surface area contributed by atoms with Crippen LogP contribution in [0.2, 0.25) is 5.02 Å². The lowest BCUT2D eigenvalue weighted by molar-refractivity contribution is 0.178. The maximum Gasteiger partial charge on any atom is 0.179 e. The molecule has 3 N–H and O–H groups in total. The highest BCUT2D eigenvalue weighted by Gasteiger charge is 2.17. The third-order valence-electron chi connectivity index (χ3n) is 3.20. The highest BCUT2D eigenvalue weighted by molar-refractivity contribution is 6.32. The first-order chi connectivity index (χ1) is 10.1. The van der Waals surface area contributed by atoms with Gasteiger partial charge < -0.3 is 20.3 Å². The standard InChI is InChI=1S/C15H17ClN2O3/c1-20-14-7-9(5-11(16)15(14)21-2)13(19)6-10-8-18-4-3-12(10)17/h3-5,7-8,13,19H,6H2,1-2H3,(H2,17,18). The number of pyridine rings is 1. The van der Waals surface area contributed by atoms with E-state index in [0.717, 1.165) is 5.56 Å². The van der Waals surface area contributed by atoms with Crippen molar-refractivity contribution in [2.75, 3.05) is 20.0 Å². The third kappa shape index (κ3) is 3.37. The number of methoxy groups -OCH3 is 2. The number of aliphatic hydroxyl groups is 1. The van der Waals surface area contributed by atoms with Gasteiger partial charge in [-0.15, -0.1) is 0 Å². The van der Waals surface area contributed by atoms with E-state index in [0.29, 0.717) is 34.2 Å². The van der Waals surface area contributed by atoms with Gasteiger partial charge in [0.15, 0.2) is 11.5 Å². The predicted octanol–water partition coefficient (Wildman–Crippen LogP) is 2.61. The van der Waals surface area contributed by atoms with Crippen LogP contribution in [0.1, 0.15) is 17.2 Å². The second kappa shape index (κ2) is 6.65. The molecule has 0 radical (unpaired) electrons. The number of benzene rings is 1. The number of anilines is 1. The molecule has 1 heterocycles. The van der Waals surface area contributed by atoms with Crippen LogP contribution >= 0.6 is 11.6 Å². The first kappa shape index (κ1) is 15.4. The van der Waals surface area contributed by atoms with Crippen LogP contribution in [0, 0.1) is 0 Å². The Morgan fingerprint density at radius 2 is 2.10 bits per heavy atom. The van der Waals surface area contributed by atoms with Crippen molar-refractivity contribution in [1.29, 1.82) is 0 Å². The molecular weight excluding hydrogens is 292 g/mol. The van der Waals surface area contributed by atoms with Crippen LogP contribution in [0.15, 0.2) is 30.6 Å². The van der Waals surface area contributed by atoms with Gasteiger partial charge in [-0.3, -0.25) is 4.98 Å². The monoisotopic (exact) mass is 308 g/mol. The first-order valence-corrected chi connectivity index (χ1v) is 6.72. The van der Waals surface area contributed by atoms with Crippen LogP contribution in [0.25, 0.3) is 0 Å². The summed E-state index contributed by atoms with van der Waals surface area (Å²) in [6.45, 7) is 0. The van der Waals surface area contributed by atoms with Crippen molar-refractivity contribution in [1.82, 2.24) is 4.98 Å². The van der Waals surface area contributed by atoms with E-state index in [1.807, 2.05) is 0 Å². The zero-order valence-electron chi connectivity index (χ0n) is 11.8. The van der Waals surface area contributed by atoms with Gasteiger partial charge in [0.05, 0.1) is 25.3 Å². The number of rotatable bonds is 5. The number of aliphatic hydroxyl groups excluding tert-OH is 1. The molecule has 0 bridgehead atoms. The summed E-state index contributed by atoms with van der Waals surface area (Å²) in [5.41, 5.74) is 7.85. The molecule has 0 saturated heterocycles. The molecule has 6 heteroatoms. The summed E-state index contributed by atoms with van der Waals surface area (Å²) < 4.78 is 10.4. The average molecular weight is 309 g/mol. The van der Waals surface area contributed by atoms with Crippen molar-refractivity contribution in [2.45, 2.75) is 12.5 Å². The average Bonchev–Trinajstić information content (AvgIpc) is 2.48. The Bertz CT molecular complexity index is 634. The molecular formula is C15H17ClN2O3. The predicted molar refractivity (Wildman–Crippen MR) is 81.9 cm³/mol. The quantitative estimate of drug-likeness (QED) is 0.888. The maximum absolute atomic E-state index is 10.4. The summed E-state index contributed by atoms with van der Waals surface area (Å²) in [5.74, 6) is 0.911. The number of nitrogens with zero attached hydrogens (tertiary/aromatic N) is 1. The van der Waals surface area contributed by atoms with Crippen LogP contribution < -0.4 is 15.2 Å². The normalized spacial score (nSPS) is 12.0. The zero-order valence-corrected chi connectivity index (χ0v) is 12.6. The minimum absolute atomic E-state index is 0.339. The van der Waals surface area contributed by atoms with Crippen LogP contribution in [-0.4, -0.2) is 24.3 Å². The SMILES string of the molecule is COc1cc(C(O)Cc2cnccc2N)cc(Cl)c1OC. The number of halogens is 1. The Balaban J connectivity index is 2.29. The molecule has 0 aliphatic heterocycles.